The number of hydrogen-bond acceptors (Lipinski definition) is 2. The van der Waals surface area contributed by atoms with Crippen LogP contribution in [0.3, 0.4) is 0 Å². The Kier molecular flexibility index (Phi) is 4.31. The lowest BCUT2D eigenvalue weighted by Crippen LogP contribution is -1.99. The minimum absolute atomic E-state index is 0.271. The smallest absolute Gasteiger partial charge is 0.268 e. The van der Waals surface area contributed by atoms with Gasteiger partial charge in [0.1, 0.15) is 0 Å². The topological polar surface area (TPSA) is 54.4 Å². The molecule has 60 valence electrons. The van der Waals surface area contributed by atoms with Gasteiger partial charge in [-0.05, 0) is 6.42 Å². The van der Waals surface area contributed by atoms with Crippen LogP contribution in [-0.2, 0) is 10.1 Å². The highest BCUT2D eigenvalue weighted by Crippen LogP contribution is 1.90. The second-order valence-corrected chi connectivity index (χ2v) is 3.51. The normalized spacial score (nSPS) is 12.6. The Morgan fingerprint density at radius 2 is 2.00 bits per heavy atom. The van der Waals surface area contributed by atoms with Crippen LogP contribution in [-0.4, -0.2) is 18.7 Å². The lowest BCUT2D eigenvalue weighted by molar-refractivity contribution is 0.486. The van der Waals surface area contributed by atoms with Crippen molar-refractivity contribution in [2.75, 3.05) is 5.75 Å². The van der Waals surface area contributed by atoms with Crippen molar-refractivity contribution in [3.8, 4) is 0 Å². The standard InChI is InChI=1S/C6H12O3S/c1-2-3-4-5-6-10(7,8)9/h4-5H,2-3,6H2,1H3,(H,7,8,9). The second kappa shape index (κ2) is 4.46. The molecule has 0 atom stereocenters. The highest BCUT2D eigenvalue weighted by molar-refractivity contribution is 7.85. The van der Waals surface area contributed by atoms with E-state index >= 15 is 0 Å². The van der Waals surface area contributed by atoms with Crippen LogP contribution in [0, 0.1) is 0 Å². The maximum absolute atomic E-state index is 10.1. The summed E-state index contributed by atoms with van der Waals surface area (Å²) in [6.45, 7) is 2.00. The van der Waals surface area contributed by atoms with Crippen LogP contribution < -0.4 is 0 Å². The molecule has 0 saturated heterocycles. The van der Waals surface area contributed by atoms with Crippen LogP contribution in [0.4, 0.5) is 0 Å². The first kappa shape index (κ1) is 9.65. The van der Waals surface area contributed by atoms with Crippen LogP contribution >= 0.6 is 0 Å². The van der Waals surface area contributed by atoms with E-state index in [1.807, 2.05) is 6.92 Å². The Balaban J connectivity index is 3.55. The molecule has 10 heavy (non-hydrogen) atoms. The average molecular weight is 164 g/mol. The van der Waals surface area contributed by atoms with Crippen LogP contribution in [0.5, 0.6) is 0 Å². The Hall–Kier alpha value is -0.350. The summed E-state index contributed by atoms with van der Waals surface area (Å²) in [4.78, 5) is 0. The molecule has 0 aliphatic rings. The molecular formula is C6H12O3S. The van der Waals surface area contributed by atoms with E-state index in [1.54, 1.807) is 6.08 Å². The molecule has 0 radical (unpaired) electrons. The van der Waals surface area contributed by atoms with E-state index in [2.05, 4.69) is 0 Å². The summed E-state index contributed by atoms with van der Waals surface area (Å²) in [7, 11) is -3.79. The van der Waals surface area contributed by atoms with E-state index in [1.165, 1.54) is 6.08 Å². The molecule has 0 aromatic rings. The highest BCUT2D eigenvalue weighted by atomic mass is 32.2. The van der Waals surface area contributed by atoms with Gasteiger partial charge in [-0.15, -0.1) is 0 Å². The van der Waals surface area contributed by atoms with Crippen LogP contribution in [0.2, 0.25) is 0 Å². The van der Waals surface area contributed by atoms with Gasteiger partial charge < -0.3 is 0 Å². The minimum Gasteiger partial charge on any atom is -0.285 e. The van der Waals surface area contributed by atoms with Gasteiger partial charge in [-0.25, -0.2) is 0 Å². The molecule has 4 heteroatoms. The third kappa shape index (κ3) is 7.65. The van der Waals surface area contributed by atoms with Crippen molar-refractivity contribution >= 4 is 10.1 Å². The van der Waals surface area contributed by atoms with E-state index in [0.29, 0.717) is 0 Å². The monoisotopic (exact) mass is 164 g/mol. The molecule has 0 aliphatic carbocycles. The molecule has 1 N–H and O–H groups in total. The van der Waals surface area contributed by atoms with Crippen molar-refractivity contribution in [2.24, 2.45) is 0 Å². The van der Waals surface area contributed by atoms with Gasteiger partial charge in [0, 0.05) is 0 Å². The Labute approximate surface area is 61.5 Å². The first-order valence-electron chi connectivity index (χ1n) is 3.16. The van der Waals surface area contributed by atoms with Crippen molar-refractivity contribution in [1.29, 1.82) is 0 Å². The molecule has 3 nitrogen and oxygen atoms in total. The Morgan fingerprint density at radius 1 is 1.40 bits per heavy atom. The molecule has 0 amide bonds. The third-order valence-electron chi connectivity index (χ3n) is 0.929. The highest BCUT2D eigenvalue weighted by Gasteiger charge is 1.97. The van der Waals surface area contributed by atoms with Crippen molar-refractivity contribution in [1.82, 2.24) is 0 Å². The fourth-order valence-corrected chi connectivity index (χ4v) is 0.853. The van der Waals surface area contributed by atoms with Crippen molar-refractivity contribution in [3.63, 3.8) is 0 Å². The van der Waals surface area contributed by atoms with Crippen LogP contribution in [0.15, 0.2) is 12.2 Å². The molecule has 0 saturated carbocycles. The van der Waals surface area contributed by atoms with Crippen LogP contribution in [0.25, 0.3) is 0 Å². The van der Waals surface area contributed by atoms with Gasteiger partial charge in [0.2, 0.25) is 0 Å². The van der Waals surface area contributed by atoms with Crippen molar-refractivity contribution in [3.05, 3.63) is 12.2 Å². The number of allylic oxidation sites excluding steroid dienone is 1. The van der Waals surface area contributed by atoms with Gasteiger partial charge in [0.25, 0.3) is 10.1 Å². The molecule has 0 rings (SSSR count). The number of rotatable bonds is 4. The van der Waals surface area contributed by atoms with E-state index in [4.69, 9.17) is 4.55 Å². The summed E-state index contributed by atoms with van der Waals surface area (Å²) < 4.78 is 28.4. The minimum atomic E-state index is -3.79. The molecule has 0 heterocycles. The fraction of sp³-hybridized carbons (Fsp3) is 0.667. The van der Waals surface area contributed by atoms with Gasteiger partial charge in [-0.2, -0.15) is 8.42 Å². The molecule has 0 spiro atoms. The quantitative estimate of drug-likeness (QED) is 0.502. The lowest BCUT2D eigenvalue weighted by Gasteiger charge is -1.86. The third-order valence-corrected chi connectivity index (χ3v) is 1.54. The van der Waals surface area contributed by atoms with Gasteiger partial charge in [0.15, 0.2) is 0 Å². The summed E-state index contributed by atoms with van der Waals surface area (Å²) in [6, 6.07) is 0. The summed E-state index contributed by atoms with van der Waals surface area (Å²) in [5.74, 6) is -0.271. The van der Waals surface area contributed by atoms with E-state index in [0.717, 1.165) is 12.8 Å². The fourth-order valence-electron chi connectivity index (χ4n) is 0.474. The summed E-state index contributed by atoms with van der Waals surface area (Å²) in [5.41, 5.74) is 0. The molecule has 0 unspecified atom stereocenters. The number of hydrogen-bond donors (Lipinski definition) is 1. The van der Waals surface area contributed by atoms with Gasteiger partial charge in [-0.3, -0.25) is 4.55 Å². The summed E-state index contributed by atoms with van der Waals surface area (Å²) in [6.07, 6.45) is 5.05. The largest absolute Gasteiger partial charge is 0.285 e. The summed E-state index contributed by atoms with van der Waals surface area (Å²) in [5, 5.41) is 0. The molecule has 0 aliphatic heterocycles. The van der Waals surface area contributed by atoms with E-state index < -0.39 is 10.1 Å². The van der Waals surface area contributed by atoms with Crippen molar-refractivity contribution in [2.45, 2.75) is 19.8 Å². The molecule has 0 fully saturated rings. The van der Waals surface area contributed by atoms with Gasteiger partial charge in [-0.1, -0.05) is 25.5 Å². The zero-order chi connectivity index (χ0) is 8.04. The maximum atomic E-state index is 10.1. The molecule has 0 aromatic carbocycles. The number of unbranched alkanes of at least 4 members (excludes halogenated alkanes) is 1. The zero-order valence-corrected chi connectivity index (χ0v) is 6.76. The second-order valence-electron chi connectivity index (χ2n) is 2.01. The Bertz CT molecular complexity index is 191. The summed E-state index contributed by atoms with van der Waals surface area (Å²) >= 11 is 0. The van der Waals surface area contributed by atoms with Gasteiger partial charge >= 0.3 is 0 Å². The molecule has 0 aromatic heterocycles. The first-order chi connectivity index (χ1) is 4.56. The average Bonchev–Trinajstić information content (AvgIpc) is 1.78. The predicted octanol–water partition coefficient (Wildman–Crippen LogP) is 1.23. The SMILES string of the molecule is CCCC=CCS(=O)(=O)O. The first-order valence-corrected chi connectivity index (χ1v) is 4.77. The Morgan fingerprint density at radius 3 is 2.40 bits per heavy atom. The van der Waals surface area contributed by atoms with Crippen molar-refractivity contribution < 1.29 is 13.0 Å². The van der Waals surface area contributed by atoms with E-state index in [-0.39, 0.29) is 5.75 Å². The maximum Gasteiger partial charge on any atom is 0.268 e. The van der Waals surface area contributed by atoms with Crippen LogP contribution in [0.1, 0.15) is 19.8 Å². The lowest BCUT2D eigenvalue weighted by atomic mass is 10.3. The molecule has 0 bridgehead atoms. The molecular weight excluding hydrogens is 152 g/mol. The zero-order valence-electron chi connectivity index (χ0n) is 5.95. The van der Waals surface area contributed by atoms with Gasteiger partial charge in [0.05, 0.1) is 5.75 Å². The van der Waals surface area contributed by atoms with E-state index in [9.17, 15) is 8.42 Å². The predicted molar refractivity (Wildman–Crippen MR) is 40.5 cm³/mol.